The van der Waals surface area contributed by atoms with Crippen molar-refractivity contribution in [2.45, 2.75) is 79.7 Å². The molecule has 42 heavy (non-hydrogen) atoms. The maximum atomic E-state index is 16.6. The lowest BCUT2D eigenvalue weighted by Gasteiger charge is -2.28. The number of hydrogen-bond donors (Lipinski definition) is 1. The highest BCUT2D eigenvalue weighted by Crippen LogP contribution is 2.43. The smallest absolute Gasteiger partial charge is 0.308 e. The van der Waals surface area contributed by atoms with Crippen molar-refractivity contribution >= 4 is 29.6 Å². The third kappa shape index (κ3) is 7.46. The second-order valence-corrected chi connectivity index (χ2v) is 11.3. The summed E-state index contributed by atoms with van der Waals surface area (Å²) in [6.07, 6.45) is 0.801. The van der Waals surface area contributed by atoms with Crippen LogP contribution in [0.15, 0.2) is 25.0 Å². The number of halogens is 1. The first-order chi connectivity index (χ1) is 19.6. The standard InChI is InChI=1S/C28H38FN5O8/c1-14(2)23(35)33-22-18(9-30-12-31-22)19-10-34(13-32-19)24-20(40-26(37)16(5)6)21(41-27(38)17(7)8)28(29,42-24)11-39-25(36)15(3)4/h9-10,12-17,20-21,24H,11H2,1-8H3,(H,30,31,33,35)/t20-,21?,24+,28+/m0/s1. The molecule has 14 heteroatoms. The van der Waals surface area contributed by atoms with E-state index in [1.54, 1.807) is 55.4 Å². The maximum Gasteiger partial charge on any atom is 0.308 e. The van der Waals surface area contributed by atoms with Gasteiger partial charge in [-0.15, -0.1) is 0 Å². The molecule has 2 aromatic heterocycles. The van der Waals surface area contributed by atoms with Crippen LogP contribution < -0.4 is 5.32 Å². The fraction of sp³-hybridized carbons (Fsp3) is 0.607. The van der Waals surface area contributed by atoms with Crippen LogP contribution in [0.25, 0.3) is 11.3 Å². The van der Waals surface area contributed by atoms with Gasteiger partial charge in [-0.3, -0.25) is 19.2 Å². The first kappa shape index (κ1) is 32.6. The number of nitrogens with zero attached hydrogens (tertiary/aromatic N) is 4. The van der Waals surface area contributed by atoms with Crippen molar-refractivity contribution in [1.29, 1.82) is 0 Å². The number of amides is 1. The van der Waals surface area contributed by atoms with E-state index in [0.29, 0.717) is 5.56 Å². The number of imidazole rings is 1. The molecule has 0 spiro atoms. The minimum atomic E-state index is -2.88. The van der Waals surface area contributed by atoms with Crippen molar-refractivity contribution in [2.75, 3.05) is 11.9 Å². The summed E-state index contributed by atoms with van der Waals surface area (Å²) in [4.78, 5) is 62.4. The molecule has 0 radical (unpaired) electrons. The van der Waals surface area contributed by atoms with Gasteiger partial charge in [0, 0.05) is 18.3 Å². The summed E-state index contributed by atoms with van der Waals surface area (Å²) in [7, 11) is 0. The third-order valence-corrected chi connectivity index (χ3v) is 6.29. The molecule has 0 saturated carbocycles. The summed E-state index contributed by atoms with van der Waals surface area (Å²) < 4.78 is 40.0. The summed E-state index contributed by atoms with van der Waals surface area (Å²) in [6.45, 7) is 12.0. The molecule has 1 aliphatic heterocycles. The van der Waals surface area contributed by atoms with Gasteiger partial charge in [-0.25, -0.2) is 19.3 Å². The Morgan fingerprint density at radius 2 is 1.57 bits per heavy atom. The molecule has 3 heterocycles. The number of hydrogen-bond acceptors (Lipinski definition) is 11. The molecule has 1 fully saturated rings. The Bertz CT molecular complexity index is 1300. The molecule has 0 aromatic carbocycles. The number of carbonyl (C=O) groups excluding carboxylic acids is 4. The molecule has 3 rings (SSSR count). The predicted octanol–water partition coefficient (Wildman–Crippen LogP) is 3.46. The summed E-state index contributed by atoms with van der Waals surface area (Å²) in [6, 6.07) is 0. The van der Waals surface area contributed by atoms with Crippen molar-refractivity contribution in [3.8, 4) is 11.3 Å². The number of nitrogens with one attached hydrogen (secondary N) is 1. The van der Waals surface area contributed by atoms with Gasteiger partial charge in [-0.1, -0.05) is 55.4 Å². The lowest BCUT2D eigenvalue weighted by atomic mass is 10.1. The Hall–Kier alpha value is -3.94. The largest absolute Gasteiger partial charge is 0.459 e. The van der Waals surface area contributed by atoms with Crippen LogP contribution in [0, 0.1) is 23.7 Å². The van der Waals surface area contributed by atoms with E-state index in [4.69, 9.17) is 18.9 Å². The van der Waals surface area contributed by atoms with Crippen LogP contribution in [0.2, 0.25) is 0 Å². The first-order valence-corrected chi connectivity index (χ1v) is 13.7. The zero-order valence-corrected chi connectivity index (χ0v) is 25.0. The van der Waals surface area contributed by atoms with E-state index in [1.165, 1.54) is 29.6 Å². The Balaban J connectivity index is 2.05. The molecular formula is C28H38FN5O8. The highest BCUT2D eigenvalue weighted by Gasteiger charge is 2.62. The zero-order chi connectivity index (χ0) is 31.4. The predicted molar refractivity (Wildman–Crippen MR) is 146 cm³/mol. The normalized spacial score (nSPS) is 22.1. The molecule has 230 valence electrons. The van der Waals surface area contributed by atoms with Crippen molar-refractivity contribution in [3.05, 3.63) is 25.0 Å². The van der Waals surface area contributed by atoms with Crippen LogP contribution >= 0.6 is 0 Å². The van der Waals surface area contributed by atoms with Gasteiger partial charge in [0.2, 0.25) is 12.0 Å². The van der Waals surface area contributed by atoms with E-state index in [-0.39, 0.29) is 23.3 Å². The van der Waals surface area contributed by atoms with E-state index in [1.807, 2.05) is 0 Å². The van der Waals surface area contributed by atoms with E-state index in [2.05, 4.69) is 20.3 Å². The molecule has 1 unspecified atom stereocenters. The van der Waals surface area contributed by atoms with Gasteiger partial charge in [0.1, 0.15) is 12.1 Å². The van der Waals surface area contributed by atoms with Crippen LogP contribution in [0.4, 0.5) is 10.2 Å². The van der Waals surface area contributed by atoms with Gasteiger partial charge in [-0.2, -0.15) is 0 Å². The van der Waals surface area contributed by atoms with Gasteiger partial charge in [0.25, 0.3) is 5.85 Å². The SMILES string of the molecule is CC(C)C(=O)Nc1ncncc1-c1cn([C@@H]2O[C@](F)(COC(=O)C(C)C)C(OC(=O)C(C)C)[C@@H]2OC(=O)C(C)C)cn1. The summed E-state index contributed by atoms with van der Waals surface area (Å²) >= 11 is 0. The van der Waals surface area contributed by atoms with Crippen molar-refractivity contribution < 1.29 is 42.5 Å². The number of ether oxygens (including phenoxy) is 4. The average molecular weight is 592 g/mol. The number of alkyl halides is 1. The molecule has 1 saturated heterocycles. The highest BCUT2D eigenvalue weighted by molar-refractivity contribution is 5.94. The number of esters is 3. The van der Waals surface area contributed by atoms with Crippen LogP contribution in [0.1, 0.15) is 61.6 Å². The lowest BCUT2D eigenvalue weighted by molar-refractivity contribution is -0.226. The number of rotatable bonds is 11. The average Bonchev–Trinajstić information content (AvgIpc) is 3.51. The number of carbonyl (C=O) groups is 4. The summed E-state index contributed by atoms with van der Waals surface area (Å²) in [5, 5.41) is 2.72. The Labute approximate surface area is 243 Å². The Morgan fingerprint density at radius 3 is 2.17 bits per heavy atom. The summed E-state index contributed by atoms with van der Waals surface area (Å²) in [5.74, 6) is -7.25. The molecule has 13 nitrogen and oxygen atoms in total. The fourth-order valence-corrected chi connectivity index (χ4v) is 3.71. The van der Waals surface area contributed by atoms with Gasteiger partial charge >= 0.3 is 17.9 Å². The van der Waals surface area contributed by atoms with Crippen LogP contribution in [0.3, 0.4) is 0 Å². The molecule has 0 aliphatic carbocycles. The molecule has 4 atom stereocenters. The fourth-order valence-electron chi connectivity index (χ4n) is 3.71. The first-order valence-electron chi connectivity index (χ1n) is 13.7. The third-order valence-electron chi connectivity index (χ3n) is 6.29. The lowest BCUT2D eigenvalue weighted by Crippen LogP contribution is -2.48. The van der Waals surface area contributed by atoms with Crippen LogP contribution in [-0.4, -0.2) is 68.0 Å². The topological polar surface area (TPSA) is 161 Å². The molecule has 1 aliphatic rings. The van der Waals surface area contributed by atoms with E-state index in [9.17, 15) is 19.2 Å². The minimum Gasteiger partial charge on any atom is -0.459 e. The van der Waals surface area contributed by atoms with Gasteiger partial charge < -0.3 is 28.8 Å². The zero-order valence-electron chi connectivity index (χ0n) is 25.0. The molecule has 1 amide bonds. The number of aromatic nitrogens is 4. The second-order valence-electron chi connectivity index (χ2n) is 11.3. The van der Waals surface area contributed by atoms with E-state index < -0.39 is 66.6 Å². The molecule has 0 bridgehead atoms. The summed E-state index contributed by atoms with van der Waals surface area (Å²) in [5.41, 5.74) is 0.643. The quantitative estimate of drug-likeness (QED) is 0.301. The van der Waals surface area contributed by atoms with E-state index in [0.717, 1.165) is 0 Å². The van der Waals surface area contributed by atoms with Crippen molar-refractivity contribution in [1.82, 2.24) is 19.5 Å². The minimum absolute atomic E-state index is 0.202. The van der Waals surface area contributed by atoms with Crippen molar-refractivity contribution in [2.24, 2.45) is 23.7 Å². The Kier molecular flexibility index (Phi) is 10.4. The second kappa shape index (κ2) is 13.4. The van der Waals surface area contributed by atoms with Crippen molar-refractivity contribution in [3.63, 3.8) is 0 Å². The molecule has 2 aromatic rings. The van der Waals surface area contributed by atoms with Crippen LogP contribution in [0.5, 0.6) is 0 Å². The van der Waals surface area contributed by atoms with Gasteiger partial charge in [0.05, 0.1) is 35.3 Å². The molecular weight excluding hydrogens is 553 g/mol. The monoisotopic (exact) mass is 591 g/mol. The van der Waals surface area contributed by atoms with Gasteiger partial charge in [-0.05, 0) is 0 Å². The van der Waals surface area contributed by atoms with Crippen LogP contribution in [-0.2, 0) is 38.1 Å². The maximum absolute atomic E-state index is 16.6. The Morgan fingerprint density at radius 1 is 0.952 bits per heavy atom. The van der Waals surface area contributed by atoms with Gasteiger partial charge in [0.15, 0.2) is 18.9 Å². The molecule has 1 N–H and O–H groups in total. The number of anilines is 1. The van der Waals surface area contributed by atoms with E-state index >= 15 is 4.39 Å². The highest BCUT2D eigenvalue weighted by atomic mass is 19.2.